The van der Waals surface area contributed by atoms with E-state index in [1.165, 1.54) is 5.56 Å². The fourth-order valence-corrected chi connectivity index (χ4v) is 2.17. The molecule has 0 N–H and O–H groups in total. The van der Waals surface area contributed by atoms with Crippen LogP contribution in [0.15, 0.2) is 29.2 Å². The second-order valence-electron chi connectivity index (χ2n) is 3.15. The first-order valence-corrected chi connectivity index (χ1v) is 5.76. The standard InChI is InChI=1S/C12H14OS/c1-4-5-11(3)14(13)12-8-6-10(2)7-9-12/h6-9,11H,1-3H3. The lowest BCUT2D eigenvalue weighted by atomic mass is 10.2. The third-order valence-corrected chi connectivity index (χ3v) is 3.42. The van der Waals surface area contributed by atoms with Crippen LogP contribution in [-0.4, -0.2) is 9.46 Å². The molecule has 1 nitrogen and oxygen atoms in total. The summed E-state index contributed by atoms with van der Waals surface area (Å²) in [6.45, 7) is 5.66. The molecule has 1 aromatic rings. The highest BCUT2D eigenvalue weighted by Gasteiger charge is 2.09. The zero-order valence-corrected chi connectivity index (χ0v) is 9.52. The third kappa shape index (κ3) is 2.71. The van der Waals surface area contributed by atoms with Gasteiger partial charge in [0.25, 0.3) is 0 Å². The van der Waals surface area contributed by atoms with Gasteiger partial charge in [0.2, 0.25) is 0 Å². The Morgan fingerprint density at radius 1 is 1.29 bits per heavy atom. The van der Waals surface area contributed by atoms with Crippen LogP contribution in [0, 0.1) is 18.8 Å². The average Bonchev–Trinajstić information content (AvgIpc) is 2.18. The van der Waals surface area contributed by atoms with E-state index in [4.69, 9.17) is 0 Å². The van der Waals surface area contributed by atoms with Crippen molar-refractivity contribution in [1.29, 1.82) is 0 Å². The molecule has 14 heavy (non-hydrogen) atoms. The lowest BCUT2D eigenvalue weighted by Crippen LogP contribution is -2.08. The summed E-state index contributed by atoms with van der Waals surface area (Å²) in [6.07, 6.45) is 0. The lowest BCUT2D eigenvalue weighted by Gasteiger charge is -2.04. The Hall–Kier alpha value is -1.07. The van der Waals surface area contributed by atoms with Gasteiger partial charge >= 0.3 is 0 Å². The van der Waals surface area contributed by atoms with Gasteiger partial charge < -0.3 is 0 Å². The molecule has 0 amide bonds. The van der Waals surface area contributed by atoms with Gasteiger partial charge in [0.05, 0.1) is 16.0 Å². The predicted molar refractivity (Wildman–Crippen MR) is 60.5 cm³/mol. The minimum absolute atomic E-state index is 0.0947. The molecule has 0 aliphatic rings. The van der Waals surface area contributed by atoms with Gasteiger partial charge in [-0.05, 0) is 32.9 Å². The molecule has 0 spiro atoms. The van der Waals surface area contributed by atoms with Crippen molar-refractivity contribution in [2.75, 3.05) is 0 Å². The number of aryl methyl sites for hydroxylation is 1. The van der Waals surface area contributed by atoms with E-state index in [0.29, 0.717) is 0 Å². The predicted octanol–water partition coefficient (Wildman–Crippen LogP) is 2.51. The van der Waals surface area contributed by atoms with E-state index < -0.39 is 10.8 Å². The molecule has 0 aromatic heterocycles. The Morgan fingerprint density at radius 2 is 1.86 bits per heavy atom. The quantitative estimate of drug-likeness (QED) is 0.679. The first-order chi connectivity index (χ1) is 6.65. The SMILES string of the molecule is CC#CC(C)S(=O)c1ccc(C)cc1. The molecule has 0 heterocycles. The number of hydrogen-bond donors (Lipinski definition) is 0. The van der Waals surface area contributed by atoms with E-state index in [2.05, 4.69) is 11.8 Å². The van der Waals surface area contributed by atoms with Gasteiger partial charge in [-0.3, -0.25) is 4.21 Å². The molecule has 0 aliphatic carbocycles. The summed E-state index contributed by atoms with van der Waals surface area (Å²) in [4.78, 5) is 0.853. The normalized spacial score (nSPS) is 13.9. The Balaban J connectivity index is 2.88. The molecular weight excluding hydrogens is 192 g/mol. The first kappa shape index (κ1) is 11.0. The van der Waals surface area contributed by atoms with Crippen molar-refractivity contribution >= 4 is 10.8 Å². The molecule has 0 aliphatic heterocycles. The van der Waals surface area contributed by atoms with E-state index in [-0.39, 0.29) is 5.25 Å². The van der Waals surface area contributed by atoms with Crippen LogP contribution >= 0.6 is 0 Å². The molecule has 0 fully saturated rings. The molecule has 2 unspecified atom stereocenters. The van der Waals surface area contributed by atoms with Crippen LogP contribution in [0.25, 0.3) is 0 Å². The molecule has 1 rings (SSSR count). The number of benzene rings is 1. The minimum atomic E-state index is -1.01. The molecule has 2 atom stereocenters. The minimum Gasteiger partial charge on any atom is -0.253 e. The molecule has 1 aromatic carbocycles. The Kier molecular flexibility index (Phi) is 3.91. The molecule has 0 bridgehead atoms. The van der Waals surface area contributed by atoms with Crippen molar-refractivity contribution in [1.82, 2.24) is 0 Å². The van der Waals surface area contributed by atoms with Gasteiger partial charge in [-0.15, -0.1) is 5.92 Å². The Morgan fingerprint density at radius 3 is 2.36 bits per heavy atom. The van der Waals surface area contributed by atoms with E-state index in [1.54, 1.807) is 6.92 Å². The summed E-state index contributed by atoms with van der Waals surface area (Å²) in [6, 6.07) is 7.75. The van der Waals surface area contributed by atoms with Gasteiger partial charge in [-0.1, -0.05) is 23.6 Å². The molecule has 0 saturated heterocycles. The van der Waals surface area contributed by atoms with E-state index >= 15 is 0 Å². The number of rotatable bonds is 2. The van der Waals surface area contributed by atoms with Gasteiger partial charge in [0, 0.05) is 4.90 Å². The highest BCUT2D eigenvalue weighted by molar-refractivity contribution is 7.86. The smallest absolute Gasteiger partial charge is 0.0974 e. The molecular formula is C12H14OS. The highest BCUT2D eigenvalue weighted by Crippen LogP contribution is 2.11. The van der Waals surface area contributed by atoms with Crippen LogP contribution in [0.1, 0.15) is 19.4 Å². The van der Waals surface area contributed by atoms with Crippen molar-refractivity contribution in [2.24, 2.45) is 0 Å². The van der Waals surface area contributed by atoms with E-state index in [1.807, 2.05) is 38.1 Å². The monoisotopic (exact) mass is 206 g/mol. The van der Waals surface area contributed by atoms with Gasteiger partial charge in [0.15, 0.2) is 0 Å². The third-order valence-electron chi connectivity index (χ3n) is 1.92. The first-order valence-electron chi connectivity index (χ1n) is 4.54. The topological polar surface area (TPSA) is 17.1 Å². The summed E-state index contributed by atoms with van der Waals surface area (Å²) in [5, 5.41) is -0.0947. The zero-order chi connectivity index (χ0) is 10.6. The number of hydrogen-bond acceptors (Lipinski definition) is 1. The highest BCUT2D eigenvalue weighted by atomic mass is 32.2. The van der Waals surface area contributed by atoms with E-state index in [9.17, 15) is 4.21 Å². The van der Waals surface area contributed by atoms with Crippen molar-refractivity contribution in [3.8, 4) is 11.8 Å². The van der Waals surface area contributed by atoms with Crippen molar-refractivity contribution in [3.05, 3.63) is 29.8 Å². The maximum Gasteiger partial charge on any atom is 0.0974 e. The Bertz CT molecular complexity index is 381. The Labute approximate surface area is 88.0 Å². The maximum absolute atomic E-state index is 11.9. The van der Waals surface area contributed by atoms with Gasteiger partial charge in [0.1, 0.15) is 0 Å². The van der Waals surface area contributed by atoms with Crippen LogP contribution in [-0.2, 0) is 10.8 Å². The van der Waals surface area contributed by atoms with Crippen molar-refractivity contribution < 1.29 is 4.21 Å². The van der Waals surface area contributed by atoms with Crippen molar-refractivity contribution in [3.63, 3.8) is 0 Å². The fourth-order valence-electron chi connectivity index (χ4n) is 1.13. The largest absolute Gasteiger partial charge is 0.253 e. The molecule has 74 valence electrons. The van der Waals surface area contributed by atoms with E-state index in [0.717, 1.165) is 4.90 Å². The van der Waals surface area contributed by atoms with Crippen LogP contribution in [0.3, 0.4) is 0 Å². The van der Waals surface area contributed by atoms with Gasteiger partial charge in [-0.2, -0.15) is 0 Å². The maximum atomic E-state index is 11.9. The molecule has 0 radical (unpaired) electrons. The zero-order valence-electron chi connectivity index (χ0n) is 8.70. The summed E-state index contributed by atoms with van der Waals surface area (Å²) >= 11 is 0. The molecule has 2 heteroatoms. The average molecular weight is 206 g/mol. The van der Waals surface area contributed by atoms with Crippen LogP contribution < -0.4 is 0 Å². The van der Waals surface area contributed by atoms with Crippen molar-refractivity contribution in [2.45, 2.75) is 30.9 Å². The summed E-state index contributed by atoms with van der Waals surface area (Å²) in [7, 11) is -1.01. The van der Waals surface area contributed by atoms with Crippen LogP contribution in [0.5, 0.6) is 0 Å². The summed E-state index contributed by atoms with van der Waals surface area (Å²) in [5.74, 6) is 5.69. The second kappa shape index (κ2) is 4.97. The summed E-state index contributed by atoms with van der Waals surface area (Å²) in [5.41, 5.74) is 1.18. The lowest BCUT2D eigenvalue weighted by molar-refractivity contribution is 0.680. The second-order valence-corrected chi connectivity index (χ2v) is 4.92. The van der Waals surface area contributed by atoms with Crippen LogP contribution in [0.4, 0.5) is 0 Å². The molecule has 0 saturated carbocycles. The van der Waals surface area contributed by atoms with Crippen LogP contribution in [0.2, 0.25) is 0 Å². The summed E-state index contributed by atoms with van der Waals surface area (Å²) < 4.78 is 11.9. The van der Waals surface area contributed by atoms with Gasteiger partial charge in [-0.25, -0.2) is 0 Å². The fraction of sp³-hybridized carbons (Fsp3) is 0.333.